The fourth-order valence-electron chi connectivity index (χ4n) is 3.78. The summed E-state index contributed by atoms with van der Waals surface area (Å²) in [6.07, 6.45) is -7.00. The molecule has 0 aliphatic heterocycles. The van der Waals surface area contributed by atoms with E-state index in [2.05, 4.69) is 9.47 Å². The molecule has 1 rings (SSSR count). The lowest BCUT2D eigenvalue weighted by atomic mass is 9.89. The third-order valence-corrected chi connectivity index (χ3v) is 6.60. The predicted molar refractivity (Wildman–Crippen MR) is 123 cm³/mol. The summed E-state index contributed by atoms with van der Waals surface area (Å²) >= 11 is 0. The van der Waals surface area contributed by atoms with E-state index in [-0.39, 0.29) is 23.8 Å². The van der Waals surface area contributed by atoms with Crippen LogP contribution in [0.2, 0.25) is 0 Å². The molecule has 0 radical (unpaired) electrons. The Hall–Kier alpha value is -3.23. The second-order valence-corrected chi connectivity index (χ2v) is 10.3. The summed E-state index contributed by atoms with van der Waals surface area (Å²) in [6, 6.07) is 2.72. The Balaban J connectivity index is 3.30. The minimum atomic E-state index is -8.61. The molecule has 46 heavy (non-hydrogen) atoms. The lowest BCUT2D eigenvalue weighted by Gasteiger charge is -2.42. The number of carbonyl (C=O) groups excluding carboxylic acids is 1. The highest BCUT2D eigenvalue weighted by Gasteiger charge is 2.93. The molecule has 1 aromatic carbocycles. The molecule has 0 aromatic heterocycles. The van der Waals surface area contributed by atoms with Gasteiger partial charge in [0.25, 0.3) is 0 Å². The summed E-state index contributed by atoms with van der Waals surface area (Å²) in [5.74, 6) is -57.3. The van der Waals surface area contributed by atoms with Crippen LogP contribution in [0, 0.1) is 22.0 Å². The van der Waals surface area contributed by atoms with Crippen LogP contribution in [-0.2, 0) is 11.2 Å². The van der Waals surface area contributed by atoms with Crippen LogP contribution in [0.25, 0.3) is 0 Å². The molecular weight excluding hydrogens is 686 g/mol. The highest BCUT2D eigenvalue weighted by atomic mass is 19.4. The predicted octanol–water partition coefficient (Wildman–Crippen LogP) is 9.44. The van der Waals surface area contributed by atoms with Crippen molar-refractivity contribution in [2.24, 2.45) is 11.8 Å². The van der Waals surface area contributed by atoms with E-state index in [1.54, 1.807) is 6.92 Å². The van der Waals surface area contributed by atoms with E-state index in [0.29, 0.717) is 6.42 Å². The molecule has 0 fully saturated rings. The van der Waals surface area contributed by atoms with Crippen molar-refractivity contribution >= 4 is 11.8 Å². The summed E-state index contributed by atoms with van der Waals surface area (Å²) in [5, 5.41) is 11.2. The maximum absolute atomic E-state index is 14.0. The second-order valence-electron chi connectivity index (χ2n) is 10.3. The molecule has 0 amide bonds. The van der Waals surface area contributed by atoms with Gasteiger partial charge in [0.15, 0.2) is 6.61 Å². The summed E-state index contributed by atoms with van der Waals surface area (Å²) in [7, 11) is 0. The van der Waals surface area contributed by atoms with Gasteiger partial charge >= 0.3 is 59.7 Å². The molecule has 2 atom stereocenters. The molecule has 0 aliphatic carbocycles. The Bertz CT molecular complexity index is 1240. The minimum absolute atomic E-state index is 0.0918. The van der Waals surface area contributed by atoms with Crippen LogP contribution in [0.5, 0.6) is 5.75 Å². The molecule has 0 spiro atoms. The van der Waals surface area contributed by atoms with E-state index in [1.807, 2.05) is 13.8 Å². The first-order valence-corrected chi connectivity index (χ1v) is 12.5. The molecule has 0 saturated heterocycles. The number of alkyl halides is 16. The summed E-state index contributed by atoms with van der Waals surface area (Å²) < 4.78 is 223. The Kier molecular flexibility index (Phi) is 12.0. The van der Waals surface area contributed by atoms with Gasteiger partial charge in [-0.1, -0.05) is 33.3 Å². The SMILES string of the molecule is CCC(C)CC(C)Cc1ccc([N+](=O)[O-])c(OC(=O)OCC(F)(F)C(F)(F)C(F)(F)C(F)(F)C(F)(F)C(F)(F)C(F)(F)C(F)F)c1. The average Bonchev–Trinajstić information content (AvgIpc) is 2.90. The van der Waals surface area contributed by atoms with E-state index >= 15 is 0 Å². The maximum Gasteiger partial charge on any atom is 0.514 e. The Morgan fingerprint density at radius 1 is 0.804 bits per heavy atom. The number of hydrogen-bond acceptors (Lipinski definition) is 5. The number of hydrogen-bond donors (Lipinski definition) is 0. The van der Waals surface area contributed by atoms with E-state index in [0.717, 1.165) is 18.6 Å². The molecular formula is C24H23F16NO5. The van der Waals surface area contributed by atoms with Crippen molar-refractivity contribution in [2.75, 3.05) is 6.61 Å². The highest BCUT2D eigenvalue weighted by Crippen LogP contribution is 2.62. The van der Waals surface area contributed by atoms with Gasteiger partial charge in [-0.15, -0.1) is 0 Å². The standard InChI is InChI=1S/C24H23F16NO5/c1-4-11(2)7-12(3)8-13-5-6-14(41(43)44)15(9-13)46-17(42)45-10-18(27,28)20(31,32)22(35,36)24(39,40)23(37,38)21(33,34)19(29,30)16(25)26/h5-6,9,11-12,16H,4,7-8,10H2,1-3H3. The molecule has 0 saturated carbocycles. The molecule has 266 valence electrons. The Morgan fingerprint density at radius 3 is 1.74 bits per heavy atom. The fraction of sp³-hybridized carbons (Fsp3) is 0.708. The van der Waals surface area contributed by atoms with Gasteiger partial charge in [0.05, 0.1) is 4.92 Å². The molecule has 6 nitrogen and oxygen atoms in total. The van der Waals surface area contributed by atoms with Crippen molar-refractivity contribution in [3.05, 3.63) is 33.9 Å². The number of halogens is 16. The van der Waals surface area contributed by atoms with Gasteiger partial charge in [-0.3, -0.25) is 10.1 Å². The number of nitrogens with zero attached hydrogens (tertiary/aromatic N) is 1. The Morgan fingerprint density at radius 2 is 1.28 bits per heavy atom. The van der Waals surface area contributed by atoms with Crippen LogP contribution in [0.3, 0.4) is 0 Å². The van der Waals surface area contributed by atoms with Crippen LogP contribution >= 0.6 is 0 Å². The number of nitro benzene ring substituents is 1. The van der Waals surface area contributed by atoms with Gasteiger partial charge in [0, 0.05) is 6.07 Å². The third-order valence-electron chi connectivity index (χ3n) is 6.60. The van der Waals surface area contributed by atoms with Crippen molar-refractivity contribution in [2.45, 2.75) is 87.9 Å². The smallest absolute Gasteiger partial charge is 0.427 e. The van der Waals surface area contributed by atoms with Gasteiger partial charge in [-0.05, 0) is 36.3 Å². The van der Waals surface area contributed by atoms with Crippen LogP contribution in [0.4, 0.5) is 80.7 Å². The fourth-order valence-corrected chi connectivity index (χ4v) is 3.78. The van der Waals surface area contributed by atoms with Gasteiger partial charge in [0.2, 0.25) is 5.75 Å². The molecule has 0 N–H and O–H groups in total. The van der Waals surface area contributed by atoms with Gasteiger partial charge in [-0.25, -0.2) is 13.6 Å². The molecule has 0 bridgehead atoms. The monoisotopic (exact) mass is 709 g/mol. The second kappa shape index (κ2) is 13.5. The first kappa shape index (κ1) is 40.8. The highest BCUT2D eigenvalue weighted by molar-refractivity contribution is 5.66. The molecule has 0 heterocycles. The zero-order valence-electron chi connectivity index (χ0n) is 23.3. The average molecular weight is 709 g/mol. The summed E-state index contributed by atoms with van der Waals surface area (Å²) in [5.41, 5.74) is -0.847. The van der Waals surface area contributed by atoms with E-state index in [1.165, 1.54) is 6.07 Å². The topological polar surface area (TPSA) is 78.7 Å². The molecule has 2 unspecified atom stereocenters. The third kappa shape index (κ3) is 7.33. The Labute approximate surface area is 248 Å². The number of nitro groups is 1. The summed E-state index contributed by atoms with van der Waals surface area (Å²) in [4.78, 5) is 21.9. The van der Waals surface area contributed by atoms with Crippen LogP contribution < -0.4 is 4.74 Å². The first-order valence-electron chi connectivity index (χ1n) is 12.5. The van der Waals surface area contributed by atoms with Crippen LogP contribution in [0.15, 0.2) is 18.2 Å². The molecule has 1 aromatic rings. The minimum Gasteiger partial charge on any atom is -0.427 e. The van der Waals surface area contributed by atoms with Crippen molar-refractivity contribution in [3.8, 4) is 5.75 Å². The van der Waals surface area contributed by atoms with E-state index < -0.39 is 77.0 Å². The van der Waals surface area contributed by atoms with Crippen molar-refractivity contribution < 1.29 is 89.4 Å². The maximum atomic E-state index is 14.0. The largest absolute Gasteiger partial charge is 0.514 e. The van der Waals surface area contributed by atoms with Crippen molar-refractivity contribution in [1.29, 1.82) is 0 Å². The number of ether oxygens (including phenoxy) is 2. The van der Waals surface area contributed by atoms with E-state index in [9.17, 15) is 85.2 Å². The summed E-state index contributed by atoms with van der Waals surface area (Å²) in [6.45, 7) is 2.06. The lowest BCUT2D eigenvalue weighted by molar-refractivity contribution is -0.447. The van der Waals surface area contributed by atoms with Crippen LogP contribution in [-0.4, -0.2) is 65.6 Å². The zero-order valence-corrected chi connectivity index (χ0v) is 23.3. The quantitative estimate of drug-likeness (QED) is 0.0562. The lowest BCUT2D eigenvalue weighted by Crippen LogP contribution is -2.74. The van der Waals surface area contributed by atoms with Crippen LogP contribution in [0.1, 0.15) is 39.2 Å². The first-order chi connectivity index (χ1) is 20.5. The van der Waals surface area contributed by atoms with E-state index in [4.69, 9.17) is 0 Å². The van der Waals surface area contributed by atoms with Crippen molar-refractivity contribution in [1.82, 2.24) is 0 Å². The normalized spacial score (nSPS) is 15.5. The van der Waals surface area contributed by atoms with Crippen molar-refractivity contribution in [3.63, 3.8) is 0 Å². The number of benzene rings is 1. The van der Waals surface area contributed by atoms with Gasteiger partial charge < -0.3 is 9.47 Å². The number of rotatable bonds is 16. The van der Waals surface area contributed by atoms with Gasteiger partial charge in [-0.2, -0.15) is 61.5 Å². The number of carbonyl (C=O) groups is 1. The zero-order chi connectivity index (χ0) is 36.5. The molecule has 22 heteroatoms. The van der Waals surface area contributed by atoms with Gasteiger partial charge in [0.1, 0.15) is 0 Å². The molecule has 0 aliphatic rings.